The molecule has 0 aromatic heterocycles. The predicted octanol–water partition coefficient (Wildman–Crippen LogP) is 2.09. The van der Waals surface area contributed by atoms with Crippen LogP contribution in [0.25, 0.3) is 0 Å². The van der Waals surface area contributed by atoms with Gasteiger partial charge in [0.25, 0.3) is 0 Å². The molecule has 2 aliphatic rings. The van der Waals surface area contributed by atoms with Crippen LogP contribution in [0.2, 0.25) is 0 Å². The molecule has 0 amide bonds. The maximum absolute atomic E-state index is 10.3. The van der Waals surface area contributed by atoms with E-state index < -0.39 is 0 Å². The second-order valence-electron chi connectivity index (χ2n) is 5.16. The third-order valence-corrected chi connectivity index (χ3v) is 4.20. The van der Waals surface area contributed by atoms with Gasteiger partial charge in [0, 0.05) is 6.42 Å². The molecule has 2 rings (SSSR count). The van der Waals surface area contributed by atoms with Gasteiger partial charge in [0.05, 0.1) is 0 Å². The van der Waals surface area contributed by atoms with E-state index in [-0.39, 0.29) is 0 Å². The minimum atomic E-state index is 0.660. The van der Waals surface area contributed by atoms with Crippen molar-refractivity contribution in [3.8, 4) is 0 Å². The smallest absolute Gasteiger partial charge is 0.120 e. The molecule has 80 valence electrons. The molecule has 1 saturated carbocycles. The van der Waals surface area contributed by atoms with Gasteiger partial charge in [-0.25, -0.2) is 0 Å². The fourth-order valence-electron chi connectivity index (χ4n) is 3.07. The average molecular weight is 195 g/mol. The Bertz CT molecular complexity index is 216. The number of aldehydes is 1. The fraction of sp³-hybridized carbons (Fsp3) is 0.917. The lowest BCUT2D eigenvalue weighted by Crippen LogP contribution is -2.19. The molecule has 1 spiro atoms. The van der Waals surface area contributed by atoms with E-state index in [1.165, 1.54) is 38.8 Å². The highest BCUT2D eigenvalue weighted by Crippen LogP contribution is 2.61. The Morgan fingerprint density at radius 1 is 1.43 bits per heavy atom. The first-order valence-corrected chi connectivity index (χ1v) is 5.89. The van der Waals surface area contributed by atoms with Crippen LogP contribution in [0.1, 0.15) is 38.5 Å². The Morgan fingerprint density at radius 3 is 3.07 bits per heavy atom. The van der Waals surface area contributed by atoms with Gasteiger partial charge < -0.3 is 9.69 Å². The topological polar surface area (TPSA) is 20.3 Å². The van der Waals surface area contributed by atoms with Gasteiger partial charge in [0.15, 0.2) is 0 Å². The summed E-state index contributed by atoms with van der Waals surface area (Å²) in [6.45, 7) is 2.53. The lowest BCUT2D eigenvalue weighted by Gasteiger charge is -2.14. The van der Waals surface area contributed by atoms with Crippen molar-refractivity contribution in [2.45, 2.75) is 38.5 Å². The summed E-state index contributed by atoms with van der Waals surface area (Å²) in [5.41, 5.74) is 0.660. The molecule has 2 unspecified atom stereocenters. The van der Waals surface area contributed by atoms with Gasteiger partial charge in [0.1, 0.15) is 6.29 Å². The number of hydrogen-bond acceptors (Lipinski definition) is 2. The van der Waals surface area contributed by atoms with Gasteiger partial charge in [-0.2, -0.15) is 0 Å². The van der Waals surface area contributed by atoms with Crippen LogP contribution in [0.15, 0.2) is 0 Å². The first-order chi connectivity index (χ1) is 6.77. The van der Waals surface area contributed by atoms with E-state index in [4.69, 9.17) is 0 Å². The molecule has 2 fully saturated rings. The molecule has 0 aromatic carbocycles. The van der Waals surface area contributed by atoms with Crippen molar-refractivity contribution >= 4 is 6.29 Å². The van der Waals surface area contributed by atoms with Crippen molar-refractivity contribution < 1.29 is 4.79 Å². The van der Waals surface area contributed by atoms with Crippen molar-refractivity contribution in [2.24, 2.45) is 11.3 Å². The summed E-state index contributed by atoms with van der Waals surface area (Å²) in [6, 6.07) is 0. The maximum Gasteiger partial charge on any atom is 0.120 e. The second-order valence-corrected chi connectivity index (χ2v) is 5.16. The van der Waals surface area contributed by atoms with E-state index in [1.54, 1.807) is 0 Å². The highest BCUT2D eigenvalue weighted by molar-refractivity contribution is 5.49. The highest BCUT2D eigenvalue weighted by Gasteiger charge is 2.52. The Labute approximate surface area is 86.7 Å². The van der Waals surface area contributed by atoms with Gasteiger partial charge in [-0.05, 0) is 63.6 Å². The zero-order valence-corrected chi connectivity index (χ0v) is 9.17. The van der Waals surface area contributed by atoms with Crippen molar-refractivity contribution in [3.63, 3.8) is 0 Å². The molecule has 2 nitrogen and oxygen atoms in total. The van der Waals surface area contributed by atoms with Crippen LogP contribution in [0.5, 0.6) is 0 Å². The lowest BCUT2D eigenvalue weighted by atomic mass is 9.93. The molecule has 0 N–H and O–H groups in total. The van der Waals surface area contributed by atoms with Crippen LogP contribution in [0.3, 0.4) is 0 Å². The first kappa shape index (κ1) is 10.2. The van der Waals surface area contributed by atoms with Crippen LogP contribution in [-0.4, -0.2) is 31.3 Å². The van der Waals surface area contributed by atoms with Crippen molar-refractivity contribution in [2.75, 3.05) is 20.1 Å². The number of hydrogen-bond donors (Lipinski definition) is 0. The number of nitrogens with zero attached hydrogens (tertiary/aromatic N) is 1. The third-order valence-electron chi connectivity index (χ3n) is 4.20. The van der Waals surface area contributed by atoms with Crippen LogP contribution >= 0.6 is 0 Å². The van der Waals surface area contributed by atoms with Crippen molar-refractivity contribution in [3.05, 3.63) is 0 Å². The summed E-state index contributed by atoms with van der Waals surface area (Å²) in [4.78, 5) is 12.8. The summed E-state index contributed by atoms with van der Waals surface area (Å²) in [5, 5.41) is 0. The molecule has 1 heterocycles. The van der Waals surface area contributed by atoms with Crippen molar-refractivity contribution in [1.29, 1.82) is 0 Å². The van der Waals surface area contributed by atoms with Gasteiger partial charge in [0.2, 0.25) is 0 Å². The normalized spacial score (nSPS) is 38.2. The second kappa shape index (κ2) is 4.01. The SMILES string of the molecule is CN1CCCC2(CC1)CC2CCC=O. The number of carbonyl (C=O) groups is 1. The minimum absolute atomic E-state index is 0.660. The summed E-state index contributed by atoms with van der Waals surface area (Å²) in [5.74, 6) is 0.874. The Balaban J connectivity index is 1.83. The molecule has 14 heavy (non-hydrogen) atoms. The third kappa shape index (κ3) is 2.00. The summed E-state index contributed by atoms with van der Waals surface area (Å²) in [7, 11) is 2.22. The summed E-state index contributed by atoms with van der Waals surface area (Å²) in [6.07, 6.45) is 8.53. The maximum atomic E-state index is 10.3. The quantitative estimate of drug-likeness (QED) is 0.643. The van der Waals surface area contributed by atoms with Gasteiger partial charge in [-0.15, -0.1) is 0 Å². The van der Waals surface area contributed by atoms with E-state index in [1.807, 2.05) is 0 Å². The molecular formula is C12H21NO. The zero-order valence-electron chi connectivity index (χ0n) is 9.17. The molecule has 0 bridgehead atoms. The van der Waals surface area contributed by atoms with E-state index >= 15 is 0 Å². The predicted molar refractivity (Wildman–Crippen MR) is 57.2 cm³/mol. The van der Waals surface area contributed by atoms with Crippen LogP contribution in [0, 0.1) is 11.3 Å². The fourth-order valence-corrected chi connectivity index (χ4v) is 3.07. The number of carbonyl (C=O) groups excluding carboxylic acids is 1. The average Bonchev–Trinajstić information content (AvgIpc) is 2.89. The molecule has 2 heteroatoms. The Hall–Kier alpha value is -0.370. The minimum Gasteiger partial charge on any atom is -0.306 e. The standard InChI is InChI=1S/C12H21NO/c1-13-7-3-5-12(6-8-13)10-11(12)4-2-9-14/h9,11H,2-8,10H2,1H3. The van der Waals surface area contributed by atoms with Crippen LogP contribution in [0.4, 0.5) is 0 Å². The Morgan fingerprint density at radius 2 is 2.29 bits per heavy atom. The largest absolute Gasteiger partial charge is 0.306 e. The molecule has 1 aliphatic carbocycles. The van der Waals surface area contributed by atoms with Gasteiger partial charge in [-0.3, -0.25) is 0 Å². The molecule has 0 radical (unpaired) electrons. The van der Waals surface area contributed by atoms with Gasteiger partial charge in [-0.1, -0.05) is 0 Å². The van der Waals surface area contributed by atoms with Crippen molar-refractivity contribution in [1.82, 2.24) is 4.90 Å². The van der Waals surface area contributed by atoms with E-state index in [0.29, 0.717) is 5.41 Å². The van der Waals surface area contributed by atoms with E-state index in [9.17, 15) is 4.79 Å². The van der Waals surface area contributed by atoms with E-state index in [2.05, 4.69) is 11.9 Å². The highest BCUT2D eigenvalue weighted by atomic mass is 16.1. The molecule has 2 atom stereocenters. The van der Waals surface area contributed by atoms with Crippen LogP contribution in [-0.2, 0) is 4.79 Å². The van der Waals surface area contributed by atoms with E-state index in [0.717, 1.165) is 25.0 Å². The van der Waals surface area contributed by atoms with Gasteiger partial charge >= 0.3 is 0 Å². The summed E-state index contributed by atoms with van der Waals surface area (Å²) < 4.78 is 0. The molecule has 1 aliphatic heterocycles. The molecular weight excluding hydrogens is 174 g/mol. The summed E-state index contributed by atoms with van der Waals surface area (Å²) >= 11 is 0. The number of rotatable bonds is 3. The monoisotopic (exact) mass is 195 g/mol. The number of likely N-dealkylation sites (tertiary alicyclic amines) is 1. The Kier molecular flexibility index (Phi) is 2.91. The molecule has 0 aromatic rings. The molecule has 1 saturated heterocycles. The lowest BCUT2D eigenvalue weighted by molar-refractivity contribution is -0.108. The first-order valence-electron chi connectivity index (χ1n) is 5.89. The van der Waals surface area contributed by atoms with Crippen LogP contribution < -0.4 is 0 Å². The zero-order chi connectivity index (χ0) is 10.0.